The topological polar surface area (TPSA) is 43.4 Å². The smallest absolute Gasteiger partial charge is 0.330 e. The number of halogens is 1. The Kier molecular flexibility index (Phi) is 6.39. The van der Waals surface area contributed by atoms with Crippen LogP contribution in [0.15, 0.2) is 52.8 Å². The van der Waals surface area contributed by atoms with E-state index in [1.807, 2.05) is 0 Å². The molecule has 96 valence electrons. The van der Waals surface area contributed by atoms with Crippen LogP contribution in [0, 0.1) is 0 Å². The van der Waals surface area contributed by atoms with Gasteiger partial charge in [-0.15, -0.1) is 0 Å². The van der Waals surface area contributed by atoms with E-state index in [4.69, 9.17) is 11.6 Å². The zero-order valence-electron chi connectivity index (χ0n) is 9.84. The van der Waals surface area contributed by atoms with Gasteiger partial charge in [-0.2, -0.15) is 0 Å². The maximum atomic E-state index is 11.8. The minimum Gasteiger partial charge on any atom is -0.466 e. The van der Waals surface area contributed by atoms with Crippen molar-refractivity contribution in [1.82, 2.24) is 0 Å². The van der Waals surface area contributed by atoms with Crippen LogP contribution in [-0.4, -0.2) is 17.3 Å². The zero-order valence-corrected chi connectivity index (χ0v) is 11.4. The molecule has 1 aromatic carbocycles. The van der Waals surface area contributed by atoms with Gasteiger partial charge in [-0.1, -0.05) is 23.8 Å². The lowest BCUT2D eigenvalue weighted by Crippen LogP contribution is -1.93. The lowest BCUT2D eigenvalue weighted by Gasteiger charge is -1.96. The number of hydrogen-bond donors (Lipinski definition) is 0. The highest BCUT2D eigenvalue weighted by atomic mass is 35.5. The summed E-state index contributed by atoms with van der Waals surface area (Å²) < 4.78 is 16.2. The number of ether oxygens (including phenoxy) is 1. The van der Waals surface area contributed by atoms with Crippen LogP contribution in [0.2, 0.25) is 5.02 Å². The molecule has 0 saturated heterocycles. The summed E-state index contributed by atoms with van der Waals surface area (Å²) in [5.41, 5.74) is 0. The average molecular weight is 285 g/mol. The van der Waals surface area contributed by atoms with Crippen LogP contribution in [0.5, 0.6) is 0 Å². The van der Waals surface area contributed by atoms with Crippen LogP contribution >= 0.6 is 11.6 Å². The standard InChI is InChI=1S/C13H13ClO3S/c1-17-13(15)5-3-2-4-10-18(16)12-8-6-11(14)7-9-12/h3-10H,2H2,1H3. The first kappa shape index (κ1) is 14.7. The fraction of sp³-hybridized carbons (Fsp3) is 0.154. The first-order valence-electron chi connectivity index (χ1n) is 5.21. The highest BCUT2D eigenvalue weighted by Gasteiger charge is 1.98. The highest BCUT2D eigenvalue weighted by Crippen LogP contribution is 2.13. The third kappa shape index (κ3) is 5.29. The van der Waals surface area contributed by atoms with Gasteiger partial charge in [-0.05, 0) is 30.7 Å². The zero-order chi connectivity index (χ0) is 13.4. The summed E-state index contributed by atoms with van der Waals surface area (Å²) in [6.45, 7) is 0. The summed E-state index contributed by atoms with van der Waals surface area (Å²) in [5, 5.41) is 2.19. The quantitative estimate of drug-likeness (QED) is 0.616. The van der Waals surface area contributed by atoms with Crippen LogP contribution in [0.4, 0.5) is 0 Å². The van der Waals surface area contributed by atoms with Crippen LogP contribution < -0.4 is 0 Å². The summed E-state index contributed by atoms with van der Waals surface area (Å²) in [6, 6.07) is 6.82. The summed E-state index contributed by atoms with van der Waals surface area (Å²) >= 11 is 5.74. The van der Waals surface area contributed by atoms with E-state index in [0.717, 1.165) is 0 Å². The van der Waals surface area contributed by atoms with Crippen molar-refractivity contribution in [2.75, 3.05) is 7.11 Å². The van der Waals surface area contributed by atoms with E-state index >= 15 is 0 Å². The van der Waals surface area contributed by atoms with Crippen LogP contribution in [0.1, 0.15) is 6.42 Å². The molecule has 0 fully saturated rings. The second-order valence-electron chi connectivity index (χ2n) is 3.28. The molecule has 0 aliphatic carbocycles. The molecule has 1 rings (SSSR count). The third-order valence-electron chi connectivity index (χ3n) is 1.99. The fourth-order valence-electron chi connectivity index (χ4n) is 1.10. The summed E-state index contributed by atoms with van der Waals surface area (Å²) in [7, 11) is 0.121. The molecule has 1 unspecified atom stereocenters. The molecular weight excluding hydrogens is 272 g/mol. The molecule has 0 radical (unpaired) electrons. The van der Waals surface area contributed by atoms with E-state index in [1.165, 1.54) is 13.2 Å². The van der Waals surface area contributed by atoms with Gasteiger partial charge in [0.15, 0.2) is 0 Å². The number of methoxy groups -OCH3 is 1. The van der Waals surface area contributed by atoms with Crippen LogP contribution in [0.3, 0.4) is 0 Å². The first-order chi connectivity index (χ1) is 8.63. The number of rotatable bonds is 5. The fourth-order valence-corrected chi connectivity index (χ4v) is 2.07. The monoisotopic (exact) mass is 284 g/mol. The Balaban J connectivity index is 2.47. The Morgan fingerprint density at radius 2 is 2.00 bits per heavy atom. The van der Waals surface area contributed by atoms with Crippen LogP contribution in [-0.2, 0) is 20.3 Å². The third-order valence-corrected chi connectivity index (χ3v) is 3.42. The molecule has 0 aromatic heterocycles. The van der Waals surface area contributed by atoms with E-state index in [2.05, 4.69) is 4.74 Å². The molecule has 0 aliphatic rings. The van der Waals surface area contributed by atoms with Crippen molar-refractivity contribution < 1.29 is 13.7 Å². The van der Waals surface area contributed by atoms with Gasteiger partial charge in [0.25, 0.3) is 0 Å². The molecular formula is C13H13ClO3S. The molecule has 1 aromatic rings. The van der Waals surface area contributed by atoms with Gasteiger partial charge in [0, 0.05) is 21.4 Å². The Bertz CT molecular complexity index is 478. The van der Waals surface area contributed by atoms with Gasteiger partial charge in [0.1, 0.15) is 0 Å². The Morgan fingerprint density at radius 1 is 1.33 bits per heavy atom. The lowest BCUT2D eigenvalue weighted by atomic mass is 10.4. The van der Waals surface area contributed by atoms with Crippen LogP contribution in [0.25, 0.3) is 0 Å². The molecule has 0 heterocycles. The molecule has 0 spiro atoms. The van der Waals surface area contributed by atoms with Gasteiger partial charge in [0.2, 0.25) is 0 Å². The van der Waals surface area contributed by atoms with E-state index in [9.17, 15) is 9.00 Å². The maximum Gasteiger partial charge on any atom is 0.330 e. The largest absolute Gasteiger partial charge is 0.466 e. The number of carbonyl (C=O) groups excluding carboxylic acids is 1. The number of hydrogen-bond acceptors (Lipinski definition) is 3. The molecule has 3 nitrogen and oxygen atoms in total. The number of carbonyl (C=O) groups is 1. The van der Waals surface area contributed by atoms with Gasteiger partial charge in [0.05, 0.1) is 17.9 Å². The molecule has 1 atom stereocenters. The Labute approximate surface area is 114 Å². The minimum atomic E-state index is -1.20. The molecule has 0 amide bonds. The Hall–Kier alpha value is -1.39. The van der Waals surface area contributed by atoms with E-state index < -0.39 is 16.8 Å². The molecule has 5 heteroatoms. The summed E-state index contributed by atoms with van der Waals surface area (Å²) in [5.74, 6) is -0.401. The van der Waals surface area contributed by atoms with Gasteiger partial charge < -0.3 is 4.74 Å². The van der Waals surface area contributed by atoms with Crippen molar-refractivity contribution >= 4 is 28.4 Å². The van der Waals surface area contributed by atoms with Crippen molar-refractivity contribution in [2.45, 2.75) is 11.3 Å². The van der Waals surface area contributed by atoms with Crippen molar-refractivity contribution in [3.05, 3.63) is 52.9 Å². The second-order valence-corrected chi connectivity index (χ2v) is 5.06. The number of allylic oxidation sites excluding steroid dienone is 2. The van der Waals surface area contributed by atoms with Crippen molar-refractivity contribution in [3.8, 4) is 0 Å². The number of benzene rings is 1. The highest BCUT2D eigenvalue weighted by molar-refractivity contribution is 7.88. The molecule has 18 heavy (non-hydrogen) atoms. The Morgan fingerprint density at radius 3 is 2.61 bits per heavy atom. The second kappa shape index (κ2) is 7.84. The summed E-state index contributed by atoms with van der Waals surface area (Å²) in [6.07, 6.45) is 5.22. The number of esters is 1. The first-order valence-corrected chi connectivity index (χ1v) is 6.80. The van der Waals surface area contributed by atoms with Gasteiger partial charge >= 0.3 is 5.97 Å². The maximum absolute atomic E-state index is 11.8. The summed E-state index contributed by atoms with van der Waals surface area (Å²) in [4.78, 5) is 11.4. The molecule has 0 N–H and O–H groups in total. The predicted molar refractivity (Wildman–Crippen MR) is 72.8 cm³/mol. The van der Waals surface area contributed by atoms with E-state index in [0.29, 0.717) is 16.3 Å². The normalized spacial score (nSPS) is 13.0. The average Bonchev–Trinajstić information content (AvgIpc) is 2.38. The van der Waals surface area contributed by atoms with Gasteiger partial charge in [-0.3, -0.25) is 0 Å². The molecule has 0 saturated carbocycles. The van der Waals surface area contributed by atoms with Crippen molar-refractivity contribution in [3.63, 3.8) is 0 Å². The van der Waals surface area contributed by atoms with Crippen molar-refractivity contribution in [1.29, 1.82) is 0 Å². The predicted octanol–water partition coefficient (Wildman–Crippen LogP) is 3.08. The molecule has 0 aliphatic heterocycles. The van der Waals surface area contributed by atoms with Gasteiger partial charge in [-0.25, -0.2) is 9.00 Å². The molecule has 0 bridgehead atoms. The minimum absolute atomic E-state index is 0.401. The van der Waals surface area contributed by atoms with Crippen molar-refractivity contribution in [2.24, 2.45) is 0 Å². The lowest BCUT2D eigenvalue weighted by molar-refractivity contribution is -0.134. The SMILES string of the molecule is COC(=O)C=CCC=CS(=O)c1ccc(Cl)cc1. The van der Waals surface area contributed by atoms with E-state index in [-0.39, 0.29) is 0 Å². The van der Waals surface area contributed by atoms with E-state index in [1.54, 1.807) is 41.8 Å².